The molecule has 7 nitrogen and oxygen atoms in total. The maximum atomic E-state index is 5.61. The van der Waals surface area contributed by atoms with E-state index in [-0.39, 0.29) is 0 Å². The Bertz CT molecular complexity index is 295. The molecule has 0 unspecified atom stereocenters. The Morgan fingerprint density at radius 2 is 0.625 bits per heavy atom. The van der Waals surface area contributed by atoms with E-state index in [0.29, 0.717) is 79.3 Å². The Morgan fingerprint density at radius 3 is 0.969 bits per heavy atom. The van der Waals surface area contributed by atoms with Gasteiger partial charge in [0.1, 0.15) is 0 Å². The van der Waals surface area contributed by atoms with E-state index in [9.17, 15) is 0 Å². The highest BCUT2D eigenvalue weighted by Crippen LogP contribution is 2.10. The molecule has 0 amide bonds. The van der Waals surface area contributed by atoms with E-state index in [1.807, 2.05) is 0 Å². The fourth-order valence-electron chi connectivity index (χ4n) is 2.90. The van der Waals surface area contributed by atoms with Crippen LogP contribution in [-0.4, -0.2) is 98.8 Å². The first kappa shape index (κ1) is 32.1. The molecule has 0 radical (unpaired) electrons. The molecule has 0 aromatic heterocycles. The molecule has 0 aromatic rings. The molecule has 0 aromatic carbocycles. The first-order valence-corrected chi connectivity index (χ1v) is 13.1. The van der Waals surface area contributed by atoms with Crippen LogP contribution < -0.4 is 0 Å². The zero-order chi connectivity index (χ0) is 23.2. The molecule has 0 N–H and O–H groups in total. The second-order valence-electron chi connectivity index (χ2n) is 7.57. The van der Waals surface area contributed by atoms with Gasteiger partial charge in [-0.25, -0.2) is 0 Å². The molecule has 0 fully saturated rings. The van der Waals surface area contributed by atoms with Crippen LogP contribution >= 0.6 is 12.6 Å². The second-order valence-corrected chi connectivity index (χ2v) is 8.02. The molecule has 0 heterocycles. The van der Waals surface area contributed by atoms with Gasteiger partial charge in [0.25, 0.3) is 0 Å². The maximum Gasteiger partial charge on any atom is 0.0701 e. The minimum absolute atomic E-state index is 0.561. The SMILES string of the molecule is COCCOCCOCCOCCOCCOCCOCCCCCCCCCCCS. The van der Waals surface area contributed by atoms with Crippen molar-refractivity contribution >= 4 is 12.6 Å². The van der Waals surface area contributed by atoms with Crippen molar-refractivity contribution in [2.75, 3.05) is 98.8 Å². The summed E-state index contributed by atoms with van der Waals surface area (Å²) in [7, 11) is 1.66. The van der Waals surface area contributed by atoms with Crippen molar-refractivity contribution in [3.05, 3.63) is 0 Å². The zero-order valence-corrected chi connectivity index (χ0v) is 21.5. The molecule has 0 saturated carbocycles. The summed E-state index contributed by atoms with van der Waals surface area (Å²) < 4.78 is 37.6. The van der Waals surface area contributed by atoms with Crippen molar-refractivity contribution in [1.29, 1.82) is 0 Å². The average molecular weight is 483 g/mol. The summed E-state index contributed by atoms with van der Waals surface area (Å²) in [5.74, 6) is 1.03. The van der Waals surface area contributed by atoms with Crippen LogP contribution in [0.2, 0.25) is 0 Å². The Labute approximate surface area is 202 Å². The molecule has 0 aliphatic rings. The highest BCUT2D eigenvalue weighted by Gasteiger charge is 1.95. The normalized spacial score (nSPS) is 11.4. The van der Waals surface area contributed by atoms with Gasteiger partial charge in [-0.15, -0.1) is 0 Å². The summed E-state index contributed by atoms with van der Waals surface area (Å²) in [5.41, 5.74) is 0. The summed E-state index contributed by atoms with van der Waals surface area (Å²) in [6, 6.07) is 0. The minimum Gasteiger partial charge on any atom is -0.382 e. The second kappa shape index (κ2) is 31.1. The predicted octanol–water partition coefficient (Wildman–Crippen LogP) is 4.17. The summed E-state index contributed by atoms with van der Waals surface area (Å²) in [6.07, 6.45) is 11.8. The van der Waals surface area contributed by atoms with E-state index in [0.717, 1.165) is 18.8 Å². The molecular formula is C24H50O7S. The molecule has 0 aliphatic heterocycles. The number of thiol groups is 1. The van der Waals surface area contributed by atoms with E-state index in [4.69, 9.17) is 33.2 Å². The number of hydrogen-bond donors (Lipinski definition) is 1. The number of hydrogen-bond acceptors (Lipinski definition) is 8. The third-order valence-electron chi connectivity index (χ3n) is 4.74. The molecule has 0 rings (SSSR count). The van der Waals surface area contributed by atoms with Gasteiger partial charge in [0.2, 0.25) is 0 Å². The molecule has 0 bridgehead atoms. The van der Waals surface area contributed by atoms with Crippen molar-refractivity contribution in [3.63, 3.8) is 0 Å². The van der Waals surface area contributed by atoms with E-state index < -0.39 is 0 Å². The number of ether oxygens (including phenoxy) is 7. The van der Waals surface area contributed by atoms with Crippen molar-refractivity contribution in [3.8, 4) is 0 Å². The van der Waals surface area contributed by atoms with E-state index in [1.54, 1.807) is 7.11 Å². The van der Waals surface area contributed by atoms with Crippen molar-refractivity contribution in [2.24, 2.45) is 0 Å². The number of methoxy groups -OCH3 is 1. The average Bonchev–Trinajstić information content (AvgIpc) is 2.81. The van der Waals surface area contributed by atoms with Gasteiger partial charge in [0, 0.05) is 13.7 Å². The Hall–Kier alpha value is 0.0700. The lowest BCUT2D eigenvalue weighted by atomic mass is 10.1. The molecule has 0 saturated heterocycles. The van der Waals surface area contributed by atoms with Gasteiger partial charge in [0.05, 0.1) is 79.3 Å². The third kappa shape index (κ3) is 30.1. The van der Waals surface area contributed by atoms with Crippen LogP contribution in [0.15, 0.2) is 0 Å². The van der Waals surface area contributed by atoms with Gasteiger partial charge in [-0.2, -0.15) is 12.6 Å². The lowest BCUT2D eigenvalue weighted by Gasteiger charge is -2.08. The monoisotopic (exact) mass is 482 g/mol. The van der Waals surface area contributed by atoms with Gasteiger partial charge in [-0.3, -0.25) is 0 Å². The largest absolute Gasteiger partial charge is 0.382 e. The van der Waals surface area contributed by atoms with Crippen LogP contribution in [-0.2, 0) is 33.2 Å². The van der Waals surface area contributed by atoms with Gasteiger partial charge in [-0.1, -0.05) is 44.9 Å². The highest BCUT2D eigenvalue weighted by atomic mass is 32.1. The predicted molar refractivity (Wildman–Crippen MR) is 132 cm³/mol. The molecule has 194 valence electrons. The van der Waals surface area contributed by atoms with E-state index in [2.05, 4.69) is 12.6 Å². The molecular weight excluding hydrogens is 432 g/mol. The standard InChI is InChI=1S/C24H50O7S/c1-25-12-13-27-16-17-29-20-21-31-23-22-30-19-18-28-15-14-26-11-9-7-5-3-2-4-6-8-10-24-32/h32H,2-24H2,1H3. The molecule has 8 heteroatoms. The summed E-state index contributed by atoms with van der Waals surface area (Å²) >= 11 is 4.24. The van der Waals surface area contributed by atoms with Crippen LogP contribution in [0.1, 0.15) is 57.8 Å². The quantitative estimate of drug-likeness (QED) is 0.127. The lowest BCUT2D eigenvalue weighted by Crippen LogP contribution is -2.14. The van der Waals surface area contributed by atoms with Gasteiger partial charge < -0.3 is 33.2 Å². The van der Waals surface area contributed by atoms with E-state index >= 15 is 0 Å². The third-order valence-corrected chi connectivity index (χ3v) is 5.05. The van der Waals surface area contributed by atoms with Gasteiger partial charge in [-0.05, 0) is 18.6 Å². The van der Waals surface area contributed by atoms with Gasteiger partial charge >= 0.3 is 0 Å². The molecule has 32 heavy (non-hydrogen) atoms. The molecule has 0 spiro atoms. The first-order valence-electron chi connectivity index (χ1n) is 12.5. The van der Waals surface area contributed by atoms with Gasteiger partial charge in [0.15, 0.2) is 0 Å². The zero-order valence-electron chi connectivity index (χ0n) is 20.6. The van der Waals surface area contributed by atoms with Crippen molar-refractivity contribution in [1.82, 2.24) is 0 Å². The van der Waals surface area contributed by atoms with E-state index in [1.165, 1.54) is 51.4 Å². The first-order chi connectivity index (χ1) is 15.9. The summed E-state index contributed by atoms with van der Waals surface area (Å²) in [5, 5.41) is 0. The van der Waals surface area contributed by atoms with Crippen LogP contribution in [0, 0.1) is 0 Å². The van der Waals surface area contributed by atoms with Crippen LogP contribution in [0.5, 0.6) is 0 Å². The Kier molecular flexibility index (Phi) is 31.1. The summed E-state index contributed by atoms with van der Waals surface area (Å²) in [4.78, 5) is 0. The Morgan fingerprint density at radius 1 is 0.344 bits per heavy atom. The smallest absolute Gasteiger partial charge is 0.0701 e. The molecule has 0 atom stereocenters. The lowest BCUT2D eigenvalue weighted by molar-refractivity contribution is -0.0191. The molecule has 0 aliphatic carbocycles. The Balaban J connectivity index is 2.98. The fraction of sp³-hybridized carbons (Fsp3) is 1.00. The maximum absolute atomic E-state index is 5.61. The van der Waals surface area contributed by atoms with Crippen LogP contribution in [0.25, 0.3) is 0 Å². The fourth-order valence-corrected chi connectivity index (χ4v) is 3.12. The van der Waals surface area contributed by atoms with Crippen molar-refractivity contribution in [2.45, 2.75) is 57.8 Å². The minimum atomic E-state index is 0.561. The number of rotatable bonds is 29. The summed E-state index contributed by atoms with van der Waals surface area (Å²) in [6.45, 7) is 7.90. The highest BCUT2D eigenvalue weighted by molar-refractivity contribution is 7.80. The topological polar surface area (TPSA) is 64.6 Å². The van der Waals surface area contributed by atoms with Crippen LogP contribution in [0.4, 0.5) is 0 Å². The number of unbranched alkanes of at least 4 members (excludes halogenated alkanes) is 8. The van der Waals surface area contributed by atoms with Crippen LogP contribution in [0.3, 0.4) is 0 Å². The van der Waals surface area contributed by atoms with Crippen molar-refractivity contribution < 1.29 is 33.2 Å².